The Kier molecular flexibility index (Phi) is 3.98. The van der Waals surface area contributed by atoms with E-state index in [1.807, 2.05) is 12.1 Å². The van der Waals surface area contributed by atoms with E-state index in [1.165, 1.54) is 11.3 Å². The highest BCUT2D eigenvalue weighted by Crippen LogP contribution is 2.27. The summed E-state index contributed by atoms with van der Waals surface area (Å²) in [6.45, 7) is 1.70. The Labute approximate surface area is 102 Å². The predicted octanol–water partition coefficient (Wildman–Crippen LogP) is 2.63. The Morgan fingerprint density at radius 2 is 2.00 bits per heavy atom. The first-order chi connectivity index (χ1) is 7.18. The highest BCUT2D eigenvalue weighted by Gasteiger charge is 2.14. The Morgan fingerprint density at radius 1 is 1.38 bits per heavy atom. The smallest absolute Gasteiger partial charge is 0.347 e. The van der Waals surface area contributed by atoms with Gasteiger partial charge >= 0.3 is 5.97 Å². The van der Waals surface area contributed by atoms with Gasteiger partial charge in [0, 0.05) is 18.0 Å². The monoisotopic (exact) mass is 256 g/mol. The zero-order valence-electron chi connectivity index (χ0n) is 8.38. The minimum atomic E-state index is -0.926. The van der Waals surface area contributed by atoms with Crippen molar-refractivity contribution in [2.75, 3.05) is 0 Å². The molecule has 0 aliphatic carbocycles. The molecule has 0 aliphatic rings. The van der Waals surface area contributed by atoms with Crippen molar-refractivity contribution in [3.05, 3.63) is 35.1 Å². The van der Waals surface area contributed by atoms with E-state index in [-0.39, 0.29) is 12.4 Å². The topological polar surface area (TPSA) is 63.1 Å². The summed E-state index contributed by atoms with van der Waals surface area (Å²) in [5, 5.41) is 9.60. The molecule has 0 aliphatic heterocycles. The summed E-state index contributed by atoms with van der Waals surface area (Å²) < 4.78 is 0. The molecule has 84 valence electrons. The predicted molar refractivity (Wildman–Crippen MR) is 64.3 cm³/mol. The third-order valence-corrected chi connectivity index (χ3v) is 3.11. The van der Waals surface area contributed by atoms with Gasteiger partial charge in [0.2, 0.25) is 0 Å². The third-order valence-electron chi connectivity index (χ3n) is 1.92. The van der Waals surface area contributed by atoms with Crippen molar-refractivity contribution < 1.29 is 9.90 Å². The van der Waals surface area contributed by atoms with Crippen LogP contribution in [0.1, 0.15) is 15.4 Å². The lowest BCUT2D eigenvalue weighted by Crippen LogP contribution is -1.94. The average Bonchev–Trinajstić information content (AvgIpc) is 2.62. The van der Waals surface area contributed by atoms with Crippen LogP contribution < -0.4 is 0 Å². The summed E-state index contributed by atoms with van der Waals surface area (Å²) in [6.07, 6.45) is 3.32. The second kappa shape index (κ2) is 5.05. The number of pyridine rings is 1. The molecule has 2 rings (SSSR count). The van der Waals surface area contributed by atoms with Gasteiger partial charge in [-0.2, -0.15) is 0 Å². The van der Waals surface area contributed by atoms with Crippen molar-refractivity contribution in [2.45, 2.75) is 6.92 Å². The van der Waals surface area contributed by atoms with Crippen LogP contribution in [0.25, 0.3) is 10.6 Å². The van der Waals surface area contributed by atoms with Crippen molar-refractivity contribution in [1.82, 2.24) is 9.97 Å². The van der Waals surface area contributed by atoms with Gasteiger partial charge in [-0.1, -0.05) is 0 Å². The van der Waals surface area contributed by atoms with Crippen LogP contribution in [0.15, 0.2) is 24.5 Å². The molecule has 0 radical (unpaired) electrons. The van der Waals surface area contributed by atoms with Crippen LogP contribution in [0.5, 0.6) is 0 Å². The molecule has 2 aromatic heterocycles. The fraction of sp³-hybridized carbons (Fsp3) is 0.100. The Hall–Kier alpha value is -1.46. The highest BCUT2D eigenvalue weighted by atomic mass is 35.5. The van der Waals surface area contributed by atoms with Gasteiger partial charge in [0.15, 0.2) is 0 Å². The number of halogens is 1. The number of hydrogen-bond acceptors (Lipinski definition) is 4. The van der Waals surface area contributed by atoms with Crippen LogP contribution in [-0.4, -0.2) is 21.0 Å². The van der Waals surface area contributed by atoms with E-state index < -0.39 is 5.97 Å². The van der Waals surface area contributed by atoms with Crippen molar-refractivity contribution in [3.8, 4) is 10.6 Å². The number of aryl methyl sites for hydroxylation is 1. The molecule has 1 N–H and O–H groups in total. The van der Waals surface area contributed by atoms with E-state index >= 15 is 0 Å². The molecule has 4 nitrogen and oxygen atoms in total. The fourth-order valence-corrected chi connectivity index (χ4v) is 2.12. The molecule has 0 saturated carbocycles. The van der Waals surface area contributed by atoms with Gasteiger partial charge in [0.05, 0.1) is 5.69 Å². The molecule has 16 heavy (non-hydrogen) atoms. The van der Waals surface area contributed by atoms with E-state index in [1.54, 1.807) is 19.3 Å². The van der Waals surface area contributed by atoms with E-state index in [0.29, 0.717) is 15.6 Å². The van der Waals surface area contributed by atoms with Crippen LogP contribution in [-0.2, 0) is 0 Å². The summed E-state index contributed by atoms with van der Waals surface area (Å²) in [6, 6.07) is 3.62. The minimum absolute atomic E-state index is 0. The summed E-state index contributed by atoms with van der Waals surface area (Å²) in [5.74, 6) is -0.926. The molecule has 0 spiro atoms. The van der Waals surface area contributed by atoms with Gasteiger partial charge < -0.3 is 5.11 Å². The van der Waals surface area contributed by atoms with Crippen LogP contribution in [0.2, 0.25) is 0 Å². The number of nitrogens with zero attached hydrogens (tertiary/aromatic N) is 2. The molecular weight excluding hydrogens is 248 g/mol. The Balaban J connectivity index is 0.00000128. The quantitative estimate of drug-likeness (QED) is 0.897. The molecule has 0 bridgehead atoms. The first-order valence-electron chi connectivity index (χ1n) is 4.29. The van der Waals surface area contributed by atoms with Crippen LogP contribution in [0.4, 0.5) is 0 Å². The maximum atomic E-state index is 10.8. The third kappa shape index (κ3) is 2.37. The molecule has 2 heterocycles. The fourth-order valence-electron chi connectivity index (χ4n) is 1.21. The average molecular weight is 257 g/mol. The number of hydrogen-bond donors (Lipinski definition) is 1. The van der Waals surface area contributed by atoms with Crippen molar-refractivity contribution in [2.24, 2.45) is 0 Å². The number of carbonyl (C=O) groups is 1. The molecular formula is C10H9ClN2O2S. The molecule has 0 amide bonds. The zero-order chi connectivity index (χ0) is 10.8. The van der Waals surface area contributed by atoms with Gasteiger partial charge in [-0.05, 0) is 19.1 Å². The number of aromatic carboxylic acids is 1. The number of rotatable bonds is 2. The van der Waals surface area contributed by atoms with Gasteiger partial charge in [-0.25, -0.2) is 9.78 Å². The van der Waals surface area contributed by atoms with Gasteiger partial charge in [-0.3, -0.25) is 4.98 Å². The van der Waals surface area contributed by atoms with Crippen molar-refractivity contribution in [1.29, 1.82) is 0 Å². The summed E-state index contributed by atoms with van der Waals surface area (Å²) in [4.78, 5) is 19.2. The lowest BCUT2D eigenvalue weighted by Gasteiger charge is -1.91. The van der Waals surface area contributed by atoms with Crippen molar-refractivity contribution >= 4 is 29.7 Å². The molecule has 0 atom stereocenters. The molecule has 0 unspecified atom stereocenters. The van der Waals surface area contributed by atoms with E-state index in [9.17, 15) is 4.79 Å². The molecule has 0 fully saturated rings. The maximum absolute atomic E-state index is 10.8. The van der Waals surface area contributed by atoms with E-state index in [4.69, 9.17) is 5.11 Å². The number of aromatic nitrogens is 2. The van der Waals surface area contributed by atoms with Crippen LogP contribution in [0.3, 0.4) is 0 Å². The van der Waals surface area contributed by atoms with Gasteiger partial charge in [0.1, 0.15) is 9.88 Å². The lowest BCUT2D eigenvalue weighted by atomic mass is 10.3. The minimum Gasteiger partial charge on any atom is -0.477 e. The summed E-state index contributed by atoms with van der Waals surface area (Å²) >= 11 is 1.18. The maximum Gasteiger partial charge on any atom is 0.347 e. The second-order valence-electron chi connectivity index (χ2n) is 2.97. The van der Waals surface area contributed by atoms with Gasteiger partial charge in [-0.15, -0.1) is 23.7 Å². The first kappa shape index (κ1) is 12.6. The normalized spacial score (nSPS) is 9.56. The molecule has 2 aromatic rings. The van der Waals surface area contributed by atoms with E-state index in [0.717, 1.165) is 5.56 Å². The second-order valence-corrected chi connectivity index (χ2v) is 3.97. The molecule has 6 heteroatoms. The summed E-state index contributed by atoms with van der Waals surface area (Å²) in [5.41, 5.74) is 1.45. The largest absolute Gasteiger partial charge is 0.477 e. The number of carboxylic acids is 1. The first-order valence-corrected chi connectivity index (χ1v) is 5.11. The SMILES string of the molecule is Cc1nc(-c2ccncc2)sc1C(=O)O.Cl. The van der Waals surface area contributed by atoms with Crippen LogP contribution >= 0.6 is 23.7 Å². The number of thiazole rings is 1. The highest BCUT2D eigenvalue weighted by molar-refractivity contribution is 7.17. The summed E-state index contributed by atoms with van der Waals surface area (Å²) in [7, 11) is 0. The van der Waals surface area contributed by atoms with Gasteiger partial charge in [0.25, 0.3) is 0 Å². The Morgan fingerprint density at radius 3 is 2.50 bits per heavy atom. The standard InChI is InChI=1S/C10H8N2O2S.ClH/c1-6-8(10(13)14)15-9(12-6)7-2-4-11-5-3-7;/h2-5H,1H3,(H,13,14);1H. The van der Waals surface area contributed by atoms with Crippen LogP contribution in [0, 0.1) is 6.92 Å². The lowest BCUT2D eigenvalue weighted by molar-refractivity contribution is 0.0701. The zero-order valence-corrected chi connectivity index (χ0v) is 10.0. The Bertz CT molecular complexity index is 499. The van der Waals surface area contributed by atoms with Crippen molar-refractivity contribution in [3.63, 3.8) is 0 Å². The molecule has 0 aromatic carbocycles. The van der Waals surface area contributed by atoms with E-state index in [2.05, 4.69) is 9.97 Å². The molecule has 0 saturated heterocycles. The number of carboxylic acid groups (broad SMARTS) is 1.